The summed E-state index contributed by atoms with van der Waals surface area (Å²) in [7, 11) is 2.26. The summed E-state index contributed by atoms with van der Waals surface area (Å²) in [5.41, 5.74) is 0. The van der Waals surface area contributed by atoms with Crippen LogP contribution in [0.15, 0.2) is 0 Å². The lowest BCUT2D eigenvalue weighted by molar-refractivity contribution is 0.235. The van der Waals surface area contributed by atoms with Gasteiger partial charge in [-0.15, -0.1) is 0 Å². The molecule has 3 heteroatoms. The van der Waals surface area contributed by atoms with Crippen LogP contribution in [0, 0.1) is 0 Å². The quantitative estimate of drug-likeness (QED) is 0.601. The smallest absolute Gasteiger partial charge is 0.0192 e. The average molecular weight is 227 g/mol. The lowest BCUT2D eigenvalue weighted by Gasteiger charge is -2.25. The van der Waals surface area contributed by atoms with Crippen LogP contribution in [0.3, 0.4) is 0 Å². The van der Waals surface area contributed by atoms with Crippen LogP contribution < -0.4 is 5.32 Å². The summed E-state index contributed by atoms with van der Waals surface area (Å²) in [5.74, 6) is 0. The first-order valence-electron chi connectivity index (χ1n) is 6.84. The van der Waals surface area contributed by atoms with E-state index >= 15 is 0 Å². The maximum absolute atomic E-state index is 3.56. The van der Waals surface area contributed by atoms with Gasteiger partial charge < -0.3 is 10.2 Å². The first kappa shape index (κ1) is 13.9. The van der Waals surface area contributed by atoms with Gasteiger partial charge in [0.25, 0.3) is 0 Å². The summed E-state index contributed by atoms with van der Waals surface area (Å²) in [4.78, 5) is 4.98. The molecule has 16 heavy (non-hydrogen) atoms. The minimum atomic E-state index is 0.671. The van der Waals surface area contributed by atoms with Crippen molar-refractivity contribution in [1.82, 2.24) is 15.1 Å². The van der Waals surface area contributed by atoms with Gasteiger partial charge in [-0.2, -0.15) is 0 Å². The molecule has 3 nitrogen and oxygen atoms in total. The van der Waals surface area contributed by atoms with Crippen LogP contribution in [0.2, 0.25) is 0 Å². The average Bonchev–Trinajstić information content (AvgIpc) is 3.12. The Bertz CT molecular complexity index is 176. The zero-order chi connectivity index (χ0) is 12.0. The van der Waals surface area contributed by atoms with Crippen molar-refractivity contribution in [2.45, 2.75) is 45.7 Å². The van der Waals surface area contributed by atoms with E-state index in [0.29, 0.717) is 6.04 Å². The molecule has 0 saturated heterocycles. The minimum Gasteiger partial charge on any atom is -0.314 e. The Morgan fingerprint density at radius 3 is 2.38 bits per heavy atom. The van der Waals surface area contributed by atoms with Crippen molar-refractivity contribution in [3.63, 3.8) is 0 Å². The van der Waals surface area contributed by atoms with Gasteiger partial charge in [0.05, 0.1) is 0 Å². The summed E-state index contributed by atoms with van der Waals surface area (Å²) in [6.45, 7) is 12.5. The number of likely N-dealkylation sites (N-methyl/N-ethyl adjacent to an activating group) is 2. The Morgan fingerprint density at radius 2 is 1.88 bits per heavy atom. The minimum absolute atomic E-state index is 0.671. The summed E-state index contributed by atoms with van der Waals surface area (Å²) in [6, 6.07) is 1.55. The van der Waals surface area contributed by atoms with Crippen LogP contribution in [-0.4, -0.2) is 61.7 Å². The van der Waals surface area contributed by atoms with Gasteiger partial charge in [-0.05, 0) is 39.9 Å². The highest BCUT2D eigenvalue weighted by atomic mass is 15.2. The highest BCUT2D eigenvalue weighted by Gasteiger charge is 2.28. The molecular weight excluding hydrogens is 198 g/mol. The standard InChI is InChI=1S/C13H29N3/c1-5-16(6-2)10-9-14-11-12(3)15(4)13-7-8-13/h12-14H,5-11H2,1-4H3. The van der Waals surface area contributed by atoms with Crippen LogP contribution in [0.25, 0.3) is 0 Å². The number of hydrogen-bond donors (Lipinski definition) is 1. The van der Waals surface area contributed by atoms with Crippen molar-refractivity contribution in [2.24, 2.45) is 0 Å². The fourth-order valence-corrected chi connectivity index (χ4v) is 2.07. The molecule has 1 saturated carbocycles. The molecule has 1 rings (SSSR count). The Kier molecular flexibility index (Phi) is 6.32. The molecule has 1 aliphatic rings. The van der Waals surface area contributed by atoms with Gasteiger partial charge in [-0.25, -0.2) is 0 Å². The second-order valence-corrected chi connectivity index (χ2v) is 4.98. The van der Waals surface area contributed by atoms with Gasteiger partial charge in [-0.3, -0.25) is 4.90 Å². The highest BCUT2D eigenvalue weighted by Crippen LogP contribution is 2.26. The van der Waals surface area contributed by atoms with E-state index in [1.54, 1.807) is 0 Å². The predicted molar refractivity (Wildman–Crippen MR) is 70.9 cm³/mol. The van der Waals surface area contributed by atoms with Crippen molar-refractivity contribution in [1.29, 1.82) is 0 Å². The molecule has 96 valence electrons. The monoisotopic (exact) mass is 227 g/mol. The molecule has 1 fully saturated rings. The van der Waals surface area contributed by atoms with E-state index in [1.165, 1.54) is 19.4 Å². The lowest BCUT2D eigenvalue weighted by atomic mass is 10.3. The maximum Gasteiger partial charge on any atom is 0.0192 e. The van der Waals surface area contributed by atoms with E-state index in [1.807, 2.05) is 0 Å². The van der Waals surface area contributed by atoms with Crippen LogP contribution in [0.5, 0.6) is 0 Å². The molecule has 0 amide bonds. The van der Waals surface area contributed by atoms with E-state index in [0.717, 1.165) is 32.2 Å². The van der Waals surface area contributed by atoms with E-state index in [-0.39, 0.29) is 0 Å². The normalized spacial score (nSPS) is 18.4. The summed E-state index contributed by atoms with van der Waals surface area (Å²) in [6.07, 6.45) is 2.81. The third-order valence-electron chi connectivity index (χ3n) is 3.76. The second-order valence-electron chi connectivity index (χ2n) is 4.98. The van der Waals surface area contributed by atoms with Gasteiger partial charge >= 0.3 is 0 Å². The van der Waals surface area contributed by atoms with Gasteiger partial charge in [0.2, 0.25) is 0 Å². The van der Waals surface area contributed by atoms with Gasteiger partial charge in [0.15, 0.2) is 0 Å². The molecule has 0 aromatic carbocycles. The van der Waals surface area contributed by atoms with Crippen LogP contribution in [0.1, 0.15) is 33.6 Å². The van der Waals surface area contributed by atoms with Gasteiger partial charge in [0, 0.05) is 31.7 Å². The van der Waals surface area contributed by atoms with E-state index < -0.39 is 0 Å². The van der Waals surface area contributed by atoms with Gasteiger partial charge in [-0.1, -0.05) is 13.8 Å². The van der Waals surface area contributed by atoms with E-state index in [2.05, 4.69) is 42.9 Å². The second kappa shape index (κ2) is 7.25. The van der Waals surface area contributed by atoms with Crippen LogP contribution in [0.4, 0.5) is 0 Å². The fraction of sp³-hybridized carbons (Fsp3) is 1.00. The SMILES string of the molecule is CCN(CC)CCNCC(C)N(C)C1CC1. The predicted octanol–water partition coefficient (Wildman–Crippen LogP) is 1.40. The molecule has 1 aliphatic carbocycles. The van der Waals surface area contributed by atoms with Crippen molar-refractivity contribution < 1.29 is 0 Å². The molecular formula is C13H29N3. The largest absolute Gasteiger partial charge is 0.314 e. The topological polar surface area (TPSA) is 18.5 Å². The third-order valence-corrected chi connectivity index (χ3v) is 3.76. The zero-order valence-corrected chi connectivity index (χ0v) is 11.5. The Labute approximate surface area is 101 Å². The van der Waals surface area contributed by atoms with Crippen LogP contribution >= 0.6 is 0 Å². The molecule has 0 bridgehead atoms. The Morgan fingerprint density at radius 1 is 1.25 bits per heavy atom. The third kappa shape index (κ3) is 4.81. The number of nitrogens with zero attached hydrogens (tertiary/aromatic N) is 2. The number of hydrogen-bond acceptors (Lipinski definition) is 3. The van der Waals surface area contributed by atoms with Crippen molar-refractivity contribution in [3.05, 3.63) is 0 Å². The number of rotatable bonds is 9. The zero-order valence-electron chi connectivity index (χ0n) is 11.5. The Balaban J connectivity index is 2.01. The van der Waals surface area contributed by atoms with E-state index in [9.17, 15) is 0 Å². The fourth-order valence-electron chi connectivity index (χ4n) is 2.07. The Hall–Kier alpha value is -0.120. The molecule has 0 radical (unpaired) electrons. The molecule has 1 atom stereocenters. The van der Waals surface area contributed by atoms with Gasteiger partial charge in [0.1, 0.15) is 0 Å². The molecule has 0 aromatic rings. The van der Waals surface area contributed by atoms with Crippen LogP contribution in [-0.2, 0) is 0 Å². The van der Waals surface area contributed by atoms with E-state index in [4.69, 9.17) is 0 Å². The molecule has 0 spiro atoms. The lowest BCUT2D eigenvalue weighted by Crippen LogP contribution is -2.41. The van der Waals surface area contributed by atoms with Crippen molar-refractivity contribution >= 4 is 0 Å². The molecule has 0 heterocycles. The molecule has 1 unspecified atom stereocenters. The molecule has 0 aromatic heterocycles. The summed E-state index contributed by atoms with van der Waals surface area (Å²) in [5, 5.41) is 3.56. The molecule has 1 N–H and O–H groups in total. The van der Waals surface area contributed by atoms with Crippen molar-refractivity contribution in [2.75, 3.05) is 39.8 Å². The summed E-state index contributed by atoms with van der Waals surface area (Å²) >= 11 is 0. The van der Waals surface area contributed by atoms with Crippen molar-refractivity contribution in [3.8, 4) is 0 Å². The number of nitrogens with one attached hydrogen (secondary N) is 1. The first-order chi connectivity index (χ1) is 7.69. The summed E-state index contributed by atoms with van der Waals surface area (Å²) < 4.78 is 0. The molecule has 0 aliphatic heterocycles. The maximum atomic E-state index is 3.56. The first-order valence-corrected chi connectivity index (χ1v) is 6.84. The highest BCUT2D eigenvalue weighted by molar-refractivity contribution is 4.85.